The molecule has 8 nitrogen and oxygen atoms in total. The monoisotopic (exact) mass is 268 g/mol. The van der Waals surface area contributed by atoms with Crippen LogP contribution in [0, 0.1) is 12.5 Å². The lowest BCUT2D eigenvalue weighted by molar-refractivity contribution is -0.0550. The van der Waals surface area contributed by atoms with Gasteiger partial charge in [0.1, 0.15) is 18.3 Å². The van der Waals surface area contributed by atoms with Crippen molar-refractivity contribution in [1.29, 1.82) is 0 Å². The summed E-state index contributed by atoms with van der Waals surface area (Å²) in [5, 5.41) is 19.1. The molecule has 1 aliphatic heterocycles. The molecule has 1 aromatic heterocycles. The molecular formula is C11H12N2O6. The molecule has 0 bridgehead atoms. The number of aliphatic hydroxyl groups is 2. The molecule has 1 fully saturated rings. The Bertz CT molecular complexity index is 600. The Kier molecular flexibility index (Phi) is 3.71. The Hall–Kier alpha value is -2.08. The zero-order chi connectivity index (χ0) is 14.0. The average Bonchev–Trinajstić information content (AvgIpc) is 2.68. The van der Waals surface area contributed by atoms with E-state index in [1.807, 2.05) is 11.1 Å². The van der Waals surface area contributed by atoms with Crippen LogP contribution in [0.3, 0.4) is 0 Å². The molecule has 1 aliphatic rings. The molecule has 0 radical (unpaired) electrons. The van der Waals surface area contributed by atoms with E-state index in [0.29, 0.717) is 0 Å². The van der Waals surface area contributed by atoms with Crippen LogP contribution < -0.4 is 11.2 Å². The van der Waals surface area contributed by atoms with E-state index in [1.165, 1.54) is 6.20 Å². The SMILES string of the molecule is C#CO[C@H]1[C@@H](O)[C@H](n2ccc(=O)[nH]c2=O)O[C@@H]1CO. The van der Waals surface area contributed by atoms with Gasteiger partial charge in [0.15, 0.2) is 12.3 Å². The van der Waals surface area contributed by atoms with Gasteiger partial charge < -0.3 is 19.7 Å². The molecule has 1 aromatic rings. The van der Waals surface area contributed by atoms with E-state index < -0.39 is 42.4 Å². The third kappa shape index (κ3) is 2.39. The fraction of sp³-hybridized carbons (Fsp3) is 0.455. The van der Waals surface area contributed by atoms with Crippen LogP contribution in [0.2, 0.25) is 0 Å². The summed E-state index contributed by atoms with van der Waals surface area (Å²) in [5.41, 5.74) is -1.31. The molecule has 4 atom stereocenters. The minimum atomic E-state index is -1.25. The average molecular weight is 268 g/mol. The fourth-order valence-electron chi connectivity index (χ4n) is 1.95. The summed E-state index contributed by atoms with van der Waals surface area (Å²) in [7, 11) is 0. The molecule has 19 heavy (non-hydrogen) atoms. The Morgan fingerprint density at radius 3 is 2.89 bits per heavy atom. The number of aliphatic hydroxyl groups excluding tert-OH is 2. The van der Waals surface area contributed by atoms with Crippen LogP contribution in [-0.2, 0) is 9.47 Å². The van der Waals surface area contributed by atoms with Crippen molar-refractivity contribution in [3.63, 3.8) is 0 Å². The van der Waals surface area contributed by atoms with Crippen LogP contribution in [0.5, 0.6) is 0 Å². The first-order chi connectivity index (χ1) is 9.08. The summed E-state index contributed by atoms with van der Waals surface area (Å²) in [6.07, 6.45) is 3.90. The zero-order valence-corrected chi connectivity index (χ0v) is 9.72. The lowest BCUT2D eigenvalue weighted by atomic mass is 10.1. The minimum absolute atomic E-state index is 0.433. The molecule has 102 valence electrons. The van der Waals surface area contributed by atoms with Crippen molar-refractivity contribution < 1.29 is 19.7 Å². The zero-order valence-electron chi connectivity index (χ0n) is 9.72. The smallest absolute Gasteiger partial charge is 0.330 e. The highest BCUT2D eigenvalue weighted by Crippen LogP contribution is 2.29. The van der Waals surface area contributed by atoms with Crippen molar-refractivity contribution in [3.8, 4) is 12.5 Å². The van der Waals surface area contributed by atoms with Crippen LogP contribution in [-0.4, -0.2) is 44.7 Å². The lowest BCUT2D eigenvalue weighted by Crippen LogP contribution is -2.38. The summed E-state index contributed by atoms with van der Waals surface area (Å²) >= 11 is 0. The van der Waals surface area contributed by atoms with Gasteiger partial charge in [-0.15, -0.1) is 0 Å². The van der Waals surface area contributed by atoms with Crippen molar-refractivity contribution in [1.82, 2.24) is 9.55 Å². The number of aromatic nitrogens is 2. The van der Waals surface area contributed by atoms with Crippen LogP contribution in [0.25, 0.3) is 0 Å². The van der Waals surface area contributed by atoms with Gasteiger partial charge in [0, 0.05) is 12.3 Å². The molecule has 0 spiro atoms. The van der Waals surface area contributed by atoms with Gasteiger partial charge in [-0.1, -0.05) is 6.42 Å². The molecule has 1 saturated heterocycles. The molecule has 0 aliphatic carbocycles. The molecule has 2 rings (SSSR count). The number of hydrogen-bond donors (Lipinski definition) is 3. The second-order valence-electron chi connectivity index (χ2n) is 3.96. The molecular weight excluding hydrogens is 256 g/mol. The Morgan fingerprint density at radius 2 is 2.32 bits per heavy atom. The maximum atomic E-state index is 11.6. The number of ether oxygens (including phenoxy) is 2. The molecule has 0 saturated carbocycles. The van der Waals surface area contributed by atoms with E-state index in [2.05, 4.69) is 0 Å². The Balaban J connectivity index is 2.34. The number of rotatable bonds is 3. The largest absolute Gasteiger partial charge is 0.438 e. The minimum Gasteiger partial charge on any atom is -0.438 e. The van der Waals surface area contributed by atoms with Crippen molar-refractivity contribution in [3.05, 3.63) is 33.1 Å². The highest BCUT2D eigenvalue weighted by Gasteiger charge is 2.46. The maximum absolute atomic E-state index is 11.6. The molecule has 0 unspecified atom stereocenters. The third-order valence-electron chi connectivity index (χ3n) is 2.82. The van der Waals surface area contributed by atoms with E-state index in [0.717, 1.165) is 10.6 Å². The molecule has 8 heteroatoms. The summed E-state index contributed by atoms with van der Waals surface area (Å²) < 4.78 is 11.1. The van der Waals surface area contributed by atoms with E-state index in [4.69, 9.17) is 21.0 Å². The Labute approximate surface area is 107 Å². The van der Waals surface area contributed by atoms with Gasteiger partial charge in [-0.2, -0.15) is 0 Å². The van der Waals surface area contributed by atoms with Crippen LogP contribution in [0.4, 0.5) is 0 Å². The molecule has 0 amide bonds. The first-order valence-corrected chi connectivity index (χ1v) is 5.45. The lowest BCUT2D eigenvalue weighted by Gasteiger charge is -2.17. The van der Waals surface area contributed by atoms with Gasteiger partial charge in [-0.05, 0) is 0 Å². The standard InChI is InChI=1S/C11H12N2O6/c1-2-18-9-6(5-14)19-10(8(9)16)13-4-3-7(15)12-11(13)17/h1,3-4,6,8-10,14,16H,5H2,(H,12,15,17)/t6-,8-,9-,10-/m1/s1. The summed E-state index contributed by atoms with van der Waals surface area (Å²) in [5.74, 6) is 0. The predicted molar refractivity (Wildman–Crippen MR) is 62.0 cm³/mol. The van der Waals surface area contributed by atoms with Crippen LogP contribution in [0.1, 0.15) is 6.23 Å². The van der Waals surface area contributed by atoms with Crippen molar-refractivity contribution >= 4 is 0 Å². The number of H-pyrrole nitrogens is 1. The van der Waals surface area contributed by atoms with Crippen LogP contribution >= 0.6 is 0 Å². The van der Waals surface area contributed by atoms with Gasteiger partial charge in [0.25, 0.3) is 5.56 Å². The number of hydrogen-bond acceptors (Lipinski definition) is 6. The predicted octanol–water partition coefficient (Wildman–Crippen LogP) is -2.24. The number of terminal acetylenes is 1. The van der Waals surface area contributed by atoms with Crippen molar-refractivity contribution in [2.45, 2.75) is 24.5 Å². The van der Waals surface area contributed by atoms with Gasteiger partial charge in [0.05, 0.1) is 6.61 Å². The van der Waals surface area contributed by atoms with Gasteiger partial charge in [0.2, 0.25) is 0 Å². The molecule has 3 N–H and O–H groups in total. The highest BCUT2D eigenvalue weighted by molar-refractivity contribution is 4.95. The quantitative estimate of drug-likeness (QED) is 0.534. The van der Waals surface area contributed by atoms with Gasteiger partial charge in [-0.3, -0.25) is 14.3 Å². The third-order valence-corrected chi connectivity index (χ3v) is 2.82. The van der Waals surface area contributed by atoms with Crippen molar-refractivity contribution in [2.24, 2.45) is 0 Å². The van der Waals surface area contributed by atoms with E-state index in [9.17, 15) is 14.7 Å². The second kappa shape index (κ2) is 5.27. The number of nitrogens with one attached hydrogen (secondary N) is 1. The van der Waals surface area contributed by atoms with Gasteiger partial charge >= 0.3 is 5.69 Å². The Morgan fingerprint density at radius 1 is 1.58 bits per heavy atom. The highest BCUT2D eigenvalue weighted by atomic mass is 16.6. The fourth-order valence-corrected chi connectivity index (χ4v) is 1.95. The molecule has 2 heterocycles. The summed E-state index contributed by atoms with van der Waals surface area (Å²) in [6.45, 7) is -0.433. The van der Waals surface area contributed by atoms with Crippen LogP contribution in [0.15, 0.2) is 21.9 Å². The first-order valence-electron chi connectivity index (χ1n) is 5.45. The summed E-state index contributed by atoms with van der Waals surface area (Å²) in [4.78, 5) is 24.6. The van der Waals surface area contributed by atoms with Crippen molar-refractivity contribution in [2.75, 3.05) is 6.61 Å². The second-order valence-corrected chi connectivity index (χ2v) is 3.96. The number of nitrogens with zero attached hydrogens (tertiary/aromatic N) is 1. The summed E-state index contributed by atoms with van der Waals surface area (Å²) in [6, 6.07) is 1.11. The first kappa shape index (κ1) is 13.4. The maximum Gasteiger partial charge on any atom is 0.330 e. The van der Waals surface area contributed by atoms with E-state index >= 15 is 0 Å². The number of aromatic amines is 1. The molecule has 0 aromatic carbocycles. The van der Waals surface area contributed by atoms with E-state index in [-0.39, 0.29) is 0 Å². The topological polar surface area (TPSA) is 114 Å². The van der Waals surface area contributed by atoms with E-state index in [1.54, 1.807) is 0 Å². The van der Waals surface area contributed by atoms with Gasteiger partial charge in [-0.25, -0.2) is 4.79 Å². The normalized spacial score (nSPS) is 29.9.